The third-order valence-corrected chi connectivity index (χ3v) is 4.86. The van der Waals surface area contributed by atoms with Crippen LogP contribution in [0.5, 0.6) is 0 Å². The van der Waals surface area contributed by atoms with E-state index in [1.165, 1.54) is 6.20 Å². The lowest BCUT2D eigenvalue weighted by atomic mass is 10.00. The SMILES string of the molecule is CCC(CC)n1nc(C(=O)N2CC[C@](O)(c3cn[nH]n3)C2)cc1C. The molecular weight excluding hydrogens is 308 g/mol. The molecule has 0 unspecified atom stereocenters. The summed E-state index contributed by atoms with van der Waals surface area (Å²) in [7, 11) is 0. The minimum atomic E-state index is -1.14. The second-order valence-electron chi connectivity index (χ2n) is 6.45. The molecule has 0 spiro atoms. The van der Waals surface area contributed by atoms with Gasteiger partial charge in [0, 0.05) is 18.7 Å². The maximum absolute atomic E-state index is 12.8. The lowest BCUT2D eigenvalue weighted by Gasteiger charge is -2.20. The number of rotatable bonds is 5. The molecule has 3 rings (SSSR count). The quantitative estimate of drug-likeness (QED) is 0.862. The molecule has 2 aromatic rings. The van der Waals surface area contributed by atoms with Gasteiger partial charge in [0.05, 0.1) is 18.8 Å². The molecule has 8 nitrogen and oxygen atoms in total. The molecule has 1 aliphatic heterocycles. The van der Waals surface area contributed by atoms with Crippen LogP contribution in [0.4, 0.5) is 0 Å². The van der Waals surface area contributed by atoms with Crippen LogP contribution in [0.1, 0.15) is 61.0 Å². The molecule has 1 fully saturated rings. The predicted octanol–water partition coefficient (Wildman–Crippen LogP) is 1.40. The van der Waals surface area contributed by atoms with Gasteiger partial charge in [-0.15, -0.1) is 0 Å². The van der Waals surface area contributed by atoms with Gasteiger partial charge in [0.25, 0.3) is 5.91 Å². The minimum absolute atomic E-state index is 0.151. The average Bonchev–Trinajstić information content (AvgIpc) is 3.29. The van der Waals surface area contributed by atoms with Crippen molar-refractivity contribution in [1.29, 1.82) is 0 Å². The van der Waals surface area contributed by atoms with E-state index in [2.05, 4.69) is 34.4 Å². The number of aromatic nitrogens is 5. The molecule has 2 aromatic heterocycles. The van der Waals surface area contributed by atoms with Crippen LogP contribution < -0.4 is 0 Å². The van der Waals surface area contributed by atoms with Crippen molar-refractivity contribution >= 4 is 5.91 Å². The van der Waals surface area contributed by atoms with Gasteiger partial charge in [0.2, 0.25) is 0 Å². The Morgan fingerprint density at radius 1 is 1.46 bits per heavy atom. The molecule has 8 heteroatoms. The van der Waals surface area contributed by atoms with Crippen LogP contribution in [0.15, 0.2) is 12.3 Å². The lowest BCUT2D eigenvalue weighted by Crippen LogP contribution is -2.35. The Morgan fingerprint density at radius 2 is 2.21 bits per heavy atom. The van der Waals surface area contributed by atoms with E-state index >= 15 is 0 Å². The van der Waals surface area contributed by atoms with Crippen molar-refractivity contribution in [2.45, 2.75) is 51.7 Å². The number of carbonyl (C=O) groups is 1. The first-order valence-corrected chi connectivity index (χ1v) is 8.42. The number of aryl methyl sites for hydroxylation is 1. The number of amides is 1. The molecule has 0 radical (unpaired) electrons. The molecule has 1 saturated heterocycles. The number of aliphatic hydroxyl groups is 1. The van der Waals surface area contributed by atoms with E-state index < -0.39 is 5.60 Å². The van der Waals surface area contributed by atoms with E-state index in [-0.39, 0.29) is 12.5 Å². The molecule has 24 heavy (non-hydrogen) atoms. The highest BCUT2D eigenvalue weighted by Crippen LogP contribution is 2.31. The fourth-order valence-electron chi connectivity index (χ4n) is 3.36. The topological polar surface area (TPSA) is 99.9 Å². The summed E-state index contributed by atoms with van der Waals surface area (Å²) in [6, 6.07) is 2.13. The van der Waals surface area contributed by atoms with Crippen LogP contribution in [0.2, 0.25) is 0 Å². The van der Waals surface area contributed by atoms with E-state index in [1.54, 1.807) is 4.90 Å². The predicted molar refractivity (Wildman–Crippen MR) is 87.4 cm³/mol. The Balaban J connectivity index is 1.77. The summed E-state index contributed by atoms with van der Waals surface area (Å²) in [5, 5.41) is 25.4. The third kappa shape index (κ3) is 2.82. The van der Waals surface area contributed by atoms with E-state index in [1.807, 2.05) is 17.7 Å². The van der Waals surface area contributed by atoms with E-state index in [4.69, 9.17) is 0 Å². The molecule has 0 aromatic carbocycles. The zero-order valence-electron chi connectivity index (χ0n) is 14.4. The molecule has 2 N–H and O–H groups in total. The van der Waals surface area contributed by atoms with E-state index in [9.17, 15) is 9.90 Å². The summed E-state index contributed by atoms with van der Waals surface area (Å²) in [6.07, 6.45) is 3.89. The zero-order valence-corrected chi connectivity index (χ0v) is 14.4. The molecule has 1 atom stereocenters. The molecule has 3 heterocycles. The number of nitrogens with one attached hydrogen (secondary N) is 1. The number of carbonyl (C=O) groups excluding carboxylic acids is 1. The summed E-state index contributed by atoms with van der Waals surface area (Å²) in [4.78, 5) is 14.4. The lowest BCUT2D eigenvalue weighted by molar-refractivity contribution is 0.0380. The first kappa shape index (κ1) is 16.6. The fraction of sp³-hybridized carbons (Fsp3) is 0.625. The highest BCUT2D eigenvalue weighted by Gasteiger charge is 2.42. The number of β-amino-alcohol motifs (C(OH)–C–C–N with tert-alkyl or cyclic N) is 1. The largest absolute Gasteiger partial charge is 0.381 e. The van der Waals surface area contributed by atoms with Crippen molar-refractivity contribution in [3.05, 3.63) is 29.3 Å². The summed E-state index contributed by atoms with van der Waals surface area (Å²) >= 11 is 0. The van der Waals surface area contributed by atoms with Gasteiger partial charge in [0.15, 0.2) is 5.69 Å². The van der Waals surface area contributed by atoms with Crippen LogP contribution in [0, 0.1) is 6.92 Å². The normalized spacial score (nSPS) is 21.0. The Kier molecular flexibility index (Phi) is 4.40. The summed E-state index contributed by atoms with van der Waals surface area (Å²) in [6.45, 7) is 6.89. The van der Waals surface area contributed by atoms with Crippen molar-refractivity contribution in [3.8, 4) is 0 Å². The van der Waals surface area contributed by atoms with Gasteiger partial charge in [-0.25, -0.2) is 0 Å². The van der Waals surface area contributed by atoms with Crippen molar-refractivity contribution in [3.63, 3.8) is 0 Å². The highest BCUT2D eigenvalue weighted by atomic mass is 16.3. The molecule has 0 bridgehead atoms. The Labute approximate surface area is 140 Å². The van der Waals surface area contributed by atoms with E-state index in [0.29, 0.717) is 30.4 Å². The summed E-state index contributed by atoms with van der Waals surface area (Å²) in [5.74, 6) is -0.151. The molecule has 130 valence electrons. The highest BCUT2D eigenvalue weighted by molar-refractivity contribution is 5.92. The van der Waals surface area contributed by atoms with Crippen LogP contribution in [0.3, 0.4) is 0 Å². The van der Waals surface area contributed by atoms with Crippen molar-refractivity contribution in [2.75, 3.05) is 13.1 Å². The number of aromatic amines is 1. The Bertz CT molecular complexity index is 706. The average molecular weight is 332 g/mol. The van der Waals surface area contributed by atoms with Gasteiger partial charge in [0.1, 0.15) is 11.3 Å². The minimum Gasteiger partial charge on any atom is -0.381 e. The number of hydrogen-bond acceptors (Lipinski definition) is 5. The fourth-order valence-corrected chi connectivity index (χ4v) is 3.36. The number of H-pyrrole nitrogens is 1. The van der Waals surface area contributed by atoms with Gasteiger partial charge >= 0.3 is 0 Å². The van der Waals surface area contributed by atoms with Crippen LogP contribution in [-0.2, 0) is 5.60 Å². The second-order valence-corrected chi connectivity index (χ2v) is 6.45. The Hall–Kier alpha value is -2.22. The van der Waals surface area contributed by atoms with Crippen molar-refractivity contribution < 1.29 is 9.90 Å². The summed E-state index contributed by atoms with van der Waals surface area (Å²) < 4.78 is 1.94. The number of likely N-dealkylation sites (tertiary alicyclic amines) is 1. The number of hydrogen-bond donors (Lipinski definition) is 2. The van der Waals surface area contributed by atoms with Crippen molar-refractivity contribution in [2.24, 2.45) is 0 Å². The first-order valence-electron chi connectivity index (χ1n) is 8.42. The first-order chi connectivity index (χ1) is 11.5. The molecular formula is C16H24N6O2. The van der Waals surface area contributed by atoms with Gasteiger partial charge in [-0.1, -0.05) is 13.8 Å². The monoisotopic (exact) mass is 332 g/mol. The smallest absolute Gasteiger partial charge is 0.274 e. The standard InChI is InChI=1S/C16H24N6O2/c1-4-12(5-2)22-11(3)8-13(19-22)15(23)21-7-6-16(24,10-21)14-9-17-20-18-14/h8-9,12,24H,4-7,10H2,1-3H3,(H,17,18,20)/t16-/m1/s1. The van der Waals surface area contributed by atoms with Gasteiger partial charge < -0.3 is 10.0 Å². The maximum Gasteiger partial charge on any atom is 0.274 e. The van der Waals surface area contributed by atoms with Gasteiger partial charge in [-0.2, -0.15) is 20.5 Å². The molecule has 0 aliphatic carbocycles. The third-order valence-electron chi connectivity index (χ3n) is 4.86. The van der Waals surface area contributed by atoms with Crippen LogP contribution in [-0.4, -0.2) is 54.2 Å². The molecule has 0 saturated carbocycles. The maximum atomic E-state index is 12.8. The van der Waals surface area contributed by atoms with Gasteiger partial charge in [-0.05, 0) is 25.8 Å². The zero-order chi connectivity index (χ0) is 17.3. The van der Waals surface area contributed by atoms with E-state index in [0.717, 1.165) is 18.5 Å². The second kappa shape index (κ2) is 6.35. The van der Waals surface area contributed by atoms with Crippen molar-refractivity contribution in [1.82, 2.24) is 30.1 Å². The van der Waals surface area contributed by atoms with Crippen LogP contribution >= 0.6 is 0 Å². The Morgan fingerprint density at radius 3 is 2.83 bits per heavy atom. The van der Waals surface area contributed by atoms with Gasteiger partial charge in [-0.3, -0.25) is 9.48 Å². The summed E-state index contributed by atoms with van der Waals surface area (Å²) in [5.41, 5.74) is 0.744. The number of nitrogens with zero attached hydrogens (tertiary/aromatic N) is 5. The molecule has 1 amide bonds. The molecule has 1 aliphatic rings. The van der Waals surface area contributed by atoms with Crippen LogP contribution in [0.25, 0.3) is 0 Å².